The van der Waals surface area contributed by atoms with Gasteiger partial charge in [-0.05, 0) is 30.0 Å². The summed E-state index contributed by atoms with van der Waals surface area (Å²) in [5, 5.41) is 21.4. The molecule has 0 spiro atoms. The van der Waals surface area contributed by atoms with Crippen molar-refractivity contribution in [2.75, 3.05) is 6.54 Å². The maximum Gasteiger partial charge on any atom is 0.335 e. The number of aliphatic hydroxyl groups is 1. The first-order valence-electron chi connectivity index (χ1n) is 6.58. The van der Waals surface area contributed by atoms with Gasteiger partial charge in [-0.2, -0.15) is 0 Å². The molecule has 116 valence electrons. The van der Waals surface area contributed by atoms with Gasteiger partial charge in [0.25, 0.3) is 5.91 Å². The molecule has 0 saturated heterocycles. The lowest BCUT2D eigenvalue weighted by Crippen LogP contribution is -2.34. The Balaban J connectivity index is 2.70. The summed E-state index contributed by atoms with van der Waals surface area (Å²) in [6, 6.07) is 4.27. The molecule has 1 amide bonds. The third-order valence-electron chi connectivity index (χ3n) is 2.75. The smallest absolute Gasteiger partial charge is 0.335 e. The first-order chi connectivity index (χ1) is 9.58. The second-order valence-electron chi connectivity index (χ2n) is 6.16. The van der Waals surface area contributed by atoms with Crippen LogP contribution < -0.4 is 5.32 Å². The Bertz CT molecular complexity index is 537. The zero-order valence-corrected chi connectivity index (χ0v) is 13.9. The first-order valence-corrected chi connectivity index (χ1v) is 7.38. The lowest BCUT2D eigenvalue weighted by Gasteiger charge is -2.22. The van der Waals surface area contributed by atoms with Gasteiger partial charge in [0.05, 0.1) is 11.7 Å². The number of carbonyl (C=O) groups is 2. The quantitative estimate of drug-likeness (QED) is 0.755. The predicted molar refractivity (Wildman–Crippen MR) is 83.5 cm³/mol. The predicted octanol–water partition coefficient (Wildman–Crippen LogP) is 2.67. The van der Waals surface area contributed by atoms with Crippen molar-refractivity contribution in [1.29, 1.82) is 0 Å². The molecule has 0 fully saturated rings. The lowest BCUT2D eigenvalue weighted by atomic mass is 9.89. The molecule has 1 aromatic rings. The van der Waals surface area contributed by atoms with E-state index in [9.17, 15) is 14.7 Å². The Morgan fingerprint density at radius 3 is 2.33 bits per heavy atom. The van der Waals surface area contributed by atoms with Gasteiger partial charge in [-0.25, -0.2) is 4.79 Å². The monoisotopic (exact) mass is 357 g/mol. The summed E-state index contributed by atoms with van der Waals surface area (Å²) < 4.78 is 0.516. The molecule has 0 heterocycles. The molecule has 1 unspecified atom stereocenters. The van der Waals surface area contributed by atoms with E-state index in [-0.39, 0.29) is 23.1 Å². The minimum Gasteiger partial charge on any atom is -0.478 e. The Morgan fingerprint density at radius 1 is 1.24 bits per heavy atom. The van der Waals surface area contributed by atoms with Crippen molar-refractivity contribution in [3.05, 3.63) is 33.8 Å². The SMILES string of the molecule is CC(C)(C)CC(O)CNC(=O)c1cc(Br)cc(C(=O)O)c1. The minimum absolute atomic E-state index is 0.0314. The van der Waals surface area contributed by atoms with Gasteiger partial charge in [-0.3, -0.25) is 4.79 Å². The van der Waals surface area contributed by atoms with Crippen molar-refractivity contribution in [2.24, 2.45) is 5.41 Å². The van der Waals surface area contributed by atoms with E-state index in [1.165, 1.54) is 18.2 Å². The second kappa shape index (κ2) is 7.04. The van der Waals surface area contributed by atoms with Gasteiger partial charge in [-0.1, -0.05) is 36.7 Å². The van der Waals surface area contributed by atoms with Crippen molar-refractivity contribution in [1.82, 2.24) is 5.32 Å². The maximum absolute atomic E-state index is 12.0. The molecule has 6 heteroatoms. The molecule has 3 N–H and O–H groups in total. The lowest BCUT2D eigenvalue weighted by molar-refractivity contribution is 0.0696. The van der Waals surface area contributed by atoms with Crippen LogP contribution >= 0.6 is 15.9 Å². The molecule has 0 aliphatic heterocycles. The number of nitrogens with one attached hydrogen (secondary N) is 1. The molecular weight excluding hydrogens is 338 g/mol. The second-order valence-corrected chi connectivity index (χ2v) is 7.08. The molecule has 21 heavy (non-hydrogen) atoms. The average molecular weight is 358 g/mol. The molecule has 5 nitrogen and oxygen atoms in total. The van der Waals surface area contributed by atoms with E-state index in [1.807, 2.05) is 20.8 Å². The number of carboxylic acid groups (broad SMARTS) is 1. The van der Waals surface area contributed by atoms with Crippen molar-refractivity contribution >= 4 is 27.8 Å². The maximum atomic E-state index is 12.0. The molecular formula is C15H20BrNO4. The summed E-state index contributed by atoms with van der Waals surface area (Å²) in [6.07, 6.45) is -0.0772. The molecule has 1 aromatic carbocycles. The number of amides is 1. The Morgan fingerprint density at radius 2 is 1.81 bits per heavy atom. The summed E-state index contributed by atoms with van der Waals surface area (Å²) in [6.45, 7) is 6.15. The van der Waals surface area contributed by atoms with Crippen LogP contribution in [0.1, 0.15) is 47.9 Å². The van der Waals surface area contributed by atoms with Crippen LogP contribution in [0.3, 0.4) is 0 Å². The zero-order valence-electron chi connectivity index (χ0n) is 12.3. The standard InChI is InChI=1S/C15H20BrNO4/c1-15(2,3)7-12(18)8-17-13(19)9-4-10(14(20)21)6-11(16)5-9/h4-6,12,18H,7-8H2,1-3H3,(H,17,19)(H,20,21). The Kier molecular flexibility index (Phi) is 5.92. The highest BCUT2D eigenvalue weighted by Crippen LogP contribution is 2.20. The van der Waals surface area contributed by atoms with E-state index in [2.05, 4.69) is 21.2 Å². The van der Waals surface area contributed by atoms with Crippen molar-refractivity contribution in [3.8, 4) is 0 Å². The highest BCUT2D eigenvalue weighted by Gasteiger charge is 2.18. The van der Waals surface area contributed by atoms with Crippen LogP contribution in [-0.2, 0) is 0 Å². The van der Waals surface area contributed by atoms with Crippen LogP contribution in [0.25, 0.3) is 0 Å². The minimum atomic E-state index is -1.10. The fourth-order valence-corrected chi connectivity index (χ4v) is 2.43. The molecule has 0 aliphatic carbocycles. The van der Waals surface area contributed by atoms with Gasteiger partial charge in [-0.15, -0.1) is 0 Å². The van der Waals surface area contributed by atoms with E-state index in [0.717, 1.165) is 0 Å². The van der Waals surface area contributed by atoms with Crippen LogP contribution in [0.5, 0.6) is 0 Å². The van der Waals surface area contributed by atoms with Gasteiger partial charge in [0.15, 0.2) is 0 Å². The molecule has 0 radical (unpaired) electrons. The summed E-state index contributed by atoms with van der Waals surface area (Å²) >= 11 is 3.18. The fourth-order valence-electron chi connectivity index (χ4n) is 1.94. The van der Waals surface area contributed by atoms with E-state index in [1.54, 1.807) is 0 Å². The Labute approximate surface area is 132 Å². The number of hydrogen-bond acceptors (Lipinski definition) is 3. The van der Waals surface area contributed by atoms with Crippen molar-refractivity contribution in [3.63, 3.8) is 0 Å². The van der Waals surface area contributed by atoms with Gasteiger partial charge in [0, 0.05) is 16.6 Å². The Hall–Kier alpha value is -1.40. The number of rotatable bonds is 5. The number of carbonyl (C=O) groups excluding carboxylic acids is 1. The summed E-state index contributed by atoms with van der Waals surface area (Å²) in [4.78, 5) is 23.0. The number of carboxylic acids is 1. The van der Waals surface area contributed by atoms with E-state index in [0.29, 0.717) is 10.9 Å². The van der Waals surface area contributed by atoms with Gasteiger partial charge < -0.3 is 15.5 Å². The zero-order chi connectivity index (χ0) is 16.2. The molecule has 1 atom stereocenters. The van der Waals surface area contributed by atoms with Crippen LogP contribution in [0.4, 0.5) is 0 Å². The van der Waals surface area contributed by atoms with Crippen LogP contribution in [0.2, 0.25) is 0 Å². The average Bonchev–Trinajstić information content (AvgIpc) is 2.33. The molecule has 0 saturated carbocycles. The van der Waals surface area contributed by atoms with Crippen LogP contribution in [0, 0.1) is 5.41 Å². The molecule has 0 bridgehead atoms. The molecule has 0 aliphatic rings. The van der Waals surface area contributed by atoms with E-state index >= 15 is 0 Å². The van der Waals surface area contributed by atoms with Crippen molar-refractivity contribution in [2.45, 2.75) is 33.3 Å². The molecule has 1 rings (SSSR count). The van der Waals surface area contributed by atoms with Crippen LogP contribution in [0.15, 0.2) is 22.7 Å². The number of halogens is 1. The third-order valence-corrected chi connectivity index (χ3v) is 3.21. The first kappa shape index (κ1) is 17.7. The van der Waals surface area contributed by atoms with Gasteiger partial charge >= 0.3 is 5.97 Å². The van der Waals surface area contributed by atoms with Gasteiger partial charge in [0.1, 0.15) is 0 Å². The highest BCUT2D eigenvalue weighted by molar-refractivity contribution is 9.10. The molecule has 0 aromatic heterocycles. The van der Waals surface area contributed by atoms with E-state index in [4.69, 9.17) is 5.11 Å². The van der Waals surface area contributed by atoms with Gasteiger partial charge in [0.2, 0.25) is 0 Å². The summed E-state index contributed by atoms with van der Waals surface area (Å²) in [5.74, 6) is -1.51. The van der Waals surface area contributed by atoms with Crippen molar-refractivity contribution < 1.29 is 19.8 Å². The summed E-state index contributed by atoms with van der Waals surface area (Å²) in [7, 11) is 0. The number of hydrogen-bond donors (Lipinski definition) is 3. The normalized spacial score (nSPS) is 12.8. The number of aliphatic hydroxyl groups excluding tert-OH is 1. The third kappa shape index (κ3) is 6.27. The fraction of sp³-hybridized carbons (Fsp3) is 0.467. The number of benzene rings is 1. The largest absolute Gasteiger partial charge is 0.478 e. The summed E-state index contributed by atoms with van der Waals surface area (Å²) in [5.41, 5.74) is 0.241. The highest BCUT2D eigenvalue weighted by atomic mass is 79.9. The topological polar surface area (TPSA) is 86.6 Å². The van der Waals surface area contributed by atoms with Crippen LogP contribution in [-0.4, -0.2) is 34.7 Å². The van der Waals surface area contributed by atoms with E-state index < -0.39 is 18.0 Å². The number of aromatic carboxylic acids is 1.